The Labute approximate surface area is 184 Å². The van der Waals surface area contributed by atoms with Crippen LogP contribution in [0.5, 0.6) is 0 Å². The van der Waals surface area contributed by atoms with E-state index >= 15 is 0 Å². The third-order valence-electron chi connectivity index (χ3n) is 8.60. The molecule has 166 valence electrons. The number of rotatable bonds is 4. The minimum Gasteiger partial charge on any atom is -0.207 e. The number of benzene rings is 2. The number of halogens is 3. The van der Waals surface area contributed by atoms with Gasteiger partial charge in [0.2, 0.25) is 0 Å². The molecule has 3 aliphatic carbocycles. The van der Waals surface area contributed by atoms with Gasteiger partial charge in [-0.1, -0.05) is 12.1 Å². The summed E-state index contributed by atoms with van der Waals surface area (Å²) in [5.41, 5.74) is 1.53. The molecular formula is C28H33F3. The van der Waals surface area contributed by atoms with Gasteiger partial charge in [0.25, 0.3) is 0 Å². The normalized spacial score (nSPS) is 29.2. The molecule has 0 bridgehead atoms. The maximum Gasteiger partial charge on any atom is 0.131 e. The van der Waals surface area contributed by atoms with Crippen molar-refractivity contribution >= 4 is 0 Å². The van der Waals surface area contributed by atoms with E-state index in [1.807, 2.05) is 6.07 Å². The molecule has 0 unspecified atom stereocenters. The highest BCUT2D eigenvalue weighted by Crippen LogP contribution is 2.49. The Bertz CT molecular complexity index is 906. The van der Waals surface area contributed by atoms with Gasteiger partial charge in [0.05, 0.1) is 0 Å². The molecule has 0 aromatic heterocycles. The Kier molecular flexibility index (Phi) is 5.88. The maximum atomic E-state index is 14.9. The van der Waals surface area contributed by atoms with E-state index in [1.54, 1.807) is 12.1 Å². The Balaban J connectivity index is 1.21. The highest BCUT2D eigenvalue weighted by Gasteiger charge is 2.36. The fraction of sp³-hybridized carbons (Fsp3) is 0.571. The molecule has 0 saturated heterocycles. The molecule has 31 heavy (non-hydrogen) atoms. The van der Waals surface area contributed by atoms with Crippen molar-refractivity contribution in [1.82, 2.24) is 0 Å². The fourth-order valence-electron chi connectivity index (χ4n) is 6.40. The average molecular weight is 427 g/mol. The third kappa shape index (κ3) is 4.43. The second-order valence-electron chi connectivity index (χ2n) is 10.4. The summed E-state index contributed by atoms with van der Waals surface area (Å²) in [5, 5.41) is 0. The predicted octanol–water partition coefficient (Wildman–Crippen LogP) is 8.57. The zero-order chi connectivity index (χ0) is 21.5. The summed E-state index contributed by atoms with van der Waals surface area (Å²) in [4.78, 5) is 0. The maximum absolute atomic E-state index is 14.9. The van der Waals surface area contributed by atoms with Gasteiger partial charge in [-0.2, -0.15) is 0 Å². The second kappa shape index (κ2) is 8.64. The molecule has 2 aromatic rings. The minimum absolute atomic E-state index is 0.0291. The second-order valence-corrected chi connectivity index (χ2v) is 10.4. The summed E-state index contributed by atoms with van der Waals surface area (Å²) in [5.74, 6) is 2.56. The molecular weight excluding hydrogens is 393 g/mol. The lowest BCUT2D eigenvalue weighted by Crippen LogP contribution is -2.26. The van der Waals surface area contributed by atoms with Crippen LogP contribution in [0.3, 0.4) is 0 Å². The third-order valence-corrected chi connectivity index (χ3v) is 8.60. The zero-order valence-electron chi connectivity index (χ0n) is 18.5. The van der Waals surface area contributed by atoms with Gasteiger partial charge in [-0.15, -0.1) is 0 Å². The van der Waals surface area contributed by atoms with Crippen molar-refractivity contribution in [3.63, 3.8) is 0 Å². The van der Waals surface area contributed by atoms with Crippen molar-refractivity contribution in [3.05, 3.63) is 58.9 Å². The van der Waals surface area contributed by atoms with Crippen molar-refractivity contribution in [2.45, 2.75) is 77.0 Å². The van der Waals surface area contributed by atoms with Crippen LogP contribution in [0, 0.1) is 48.0 Å². The molecule has 2 aromatic carbocycles. The molecule has 0 heterocycles. The molecule has 0 N–H and O–H groups in total. The van der Waals surface area contributed by atoms with Gasteiger partial charge in [-0.3, -0.25) is 0 Å². The van der Waals surface area contributed by atoms with Crippen LogP contribution in [-0.2, 0) is 0 Å². The van der Waals surface area contributed by atoms with Crippen LogP contribution in [0.1, 0.15) is 81.3 Å². The molecule has 0 amide bonds. The monoisotopic (exact) mass is 426 g/mol. The summed E-state index contributed by atoms with van der Waals surface area (Å²) in [6.07, 6.45) is 13.4. The highest BCUT2D eigenvalue weighted by molar-refractivity contribution is 5.65. The van der Waals surface area contributed by atoms with E-state index in [9.17, 15) is 13.2 Å². The molecule has 0 radical (unpaired) electrons. The van der Waals surface area contributed by atoms with E-state index in [1.165, 1.54) is 70.4 Å². The molecule has 0 spiro atoms. The van der Waals surface area contributed by atoms with Crippen molar-refractivity contribution in [3.8, 4) is 11.1 Å². The first kappa shape index (κ1) is 21.1. The lowest BCUT2D eigenvalue weighted by molar-refractivity contribution is 0.152. The average Bonchev–Trinajstić information content (AvgIpc) is 3.63. The van der Waals surface area contributed by atoms with Crippen LogP contribution in [0.15, 0.2) is 30.3 Å². The van der Waals surface area contributed by atoms with Crippen molar-refractivity contribution in [2.75, 3.05) is 0 Å². The van der Waals surface area contributed by atoms with Gasteiger partial charge in [0.15, 0.2) is 0 Å². The quantitative estimate of drug-likeness (QED) is 0.459. The Morgan fingerprint density at radius 3 is 1.48 bits per heavy atom. The number of hydrogen-bond donors (Lipinski definition) is 0. The van der Waals surface area contributed by atoms with Crippen molar-refractivity contribution in [2.24, 2.45) is 23.7 Å². The van der Waals surface area contributed by atoms with Gasteiger partial charge in [-0.25, -0.2) is 13.2 Å². The van der Waals surface area contributed by atoms with Crippen molar-refractivity contribution < 1.29 is 13.2 Å². The summed E-state index contributed by atoms with van der Waals surface area (Å²) in [6, 6.07) is 7.69. The predicted molar refractivity (Wildman–Crippen MR) is 119 cm³/mol. The van der Waals surface area contributed by atoms with E-state index in [2.05, 4.69) is 0 Å². The fourth-order valence-corrected chi connectivity index (χ4v) is 6.40. The van der Waals surface area contributed by atoms with Gasteiger partial charge in [-0.05, 0) is 130 Å². The van der Waals surface area contributed by atoms with E-state index in [-0.39, 0.29) is 22.5 Å². The summed E-state index contributed by atoms with van der Waals surface area (Å²) in [7, 11) is 0. The molecule has 5 rings (SSSR count). The topological polar surface area (TPSA) is 0 Å². The van der Waals surface area contributed by atoms with Gasteiger partial charge in [0, 0.05) is 11.1 Å². The molecule has 3 fully saturated rings. The molecule has 3 aliphatic rings. The van der Waals surface area contributed by atoms with E-state index < -0.39 is 11.6 Å². The smallest absolute Gasteiger partial charge is 0.131 e. The summed E-state index contributed by atoms with van der Waals surface area (Å²) >= 11 is 0. The van der Waals surface area contributed by atoms with Crippen LogP contribution in [0.2, 0.25) is 0 Å². The number of hydrogen-bond acceptors (Lipinski definition) is 0. The molecule has 0 nitrogen and oxygen atoms in total. The van der Waals surface area contributed by atoms with Crippen LogP contribution in [0.25, 0.3) is 11.1 Å². The van der Waals surface area contributed by atoms with Crippen LogP contribution in [0.4, 0.5) is 13.2 Å². The first-order chi connectivity index (χ1) is 15.0. The van der Waals surface area contributed by atoms with Gasteiger partial charge < -0.3 is 0 Å². The first-order valence-corrected chi connectivity index (χ1v) is 12.2. The zero-order valence-corrected chi connectivity index (χ0v) is 18.5. The minimum atomic E-state index is -0.636. The first-order valence-electron chi connectivity index (χ1n) is 12.2. The van der Waals surface area contributed by atoms with Crippen LogP contribution >= 0.6 is 0 Å². The summed E-state index contributed by atoms with van der Waals surface area (Å²) in [6.45, 7) is 1.39. The van der Waals surface area contributed by atoms with Gasteiger partial charge >= 0.3 is 0 Å². The molecule has 3 heteroatoms. The Morgan fingerprint density at radius 1 is 0.581 bits per heavy atom. The molecule has 0 atom stereocenters. The van der Waals surface area contributed by atoms with E-state index in [4.69, 9.17) is 0 Å². The van der Waals surface area contributed by atoms with E-state index in [0.29, 0.717) is 5.92 Å². The Hall–Kier alpha value is -1.77. The highest BCUT2D eigenvalue weighted by atomic mass is 19.1. The standard InChI is InChI=1S/C28H33F3/c1-17-26(29)15-24(16-27(17)30)25-13-12-23(14-28(25)31)22-10-8-21(9-11-22)20-6-4-19(5-7-20)18-2-3-18/h12-16,18-22H,2-11H2,1H3. The van der Waals surface area contributed by atoms with Crippen LogP contribution < -0.4 is 0 Å². The lowest BCUT2D eigenvalue weighted by Gasteiger charge is -2.38. The summed E-state index contributed by atoms with van der Waals surface area (Å²) < 4.78 is 42.7. The van der Waals surface area contributed by atoms with Crippen molar-refractivity contribution in [1.29, 1.82) is 0 Å². The molecule has 0 aliphatic heterocycles. The van der Waals surface area contributed by atoms with Gasteiger partial charge in [0.1, 0.15) is 17.5 Å². The molecule has 3 saturated carbocycles. The lowest BCUT2D eigenvalue weighted by atomic mass is 9.68. The largest absolute Gasteiger partial charge is 0.207 e. The SMILES string of the molecule is Cc1c(F)cc(-c2ccc(C3CCC(C4CCC(C5CC5)CC4)CC3)cc2F)cc1F. The Morgan fingerprint density at radius 2 is 1.03 bits per heavy atom. The van der Waals surface area contributed by atoms with Crippen LogP contribution in [-0.4, -0.2) is 0 Å². The van der Waals surface area contributed by atoms with E-state index in [0.717, 1.165) is 42.1 Å².